The zero-order chi connectivity index (χ0) is 17.0. The van der Waals surface area contributed by atoms with Crippen molar-refractivity contribution in [1.29, 1.82) is 0 Å². The number of carbonyl (C=O) groups excluding carboxylic acids is 1. The molecule has 2 unspecified atom stereocenters. The molecule has 1 saturated heterocycles. The minimum absolute atomic E-state index is 0.0113. The van der Waals surface area contributed by atoms with E-state index < -0.39 is 11.2 Å². The average Bonchev–Trinajstić information content (AvgIpc) is 2.47. The van der Waals surface area contributed by atoms with Gasteiger partial charge in [0.05, 0.1) is 24.3 Å². The Bertz CT molecular complexity index is 648. The summed E-state index contributed by atoms with van der Waals surface area (Å²) in [6.45, 7) is 1.86. The molecule has 1 aliphatic heterocycles. The lowest BCUT2D eigenvalue weighted by atomic mass is 10.2. The van der Waals surface area contributed by atoms with Crippen molar-refractivity contribution in [3.05, 3.63) is 27.8 Å². The fourth-order valence-corrected chi connectivity index (χ4v) is 2.11. The molecule has 1 aromatic carbocycles. The maximum absolute atomic E-state index is 11.4. The van der Waals surface area contributed by atoms with Gasteiger partial charge in [0.2, 0.25) is 5.91 Å². The summed E-state index contributed by atoms with van der Waals surface area (Å²) < 4.78 is 4.90. The number of hydrazone groups is 1. The Morgan fingerprint density at radius 2 is 2.30 bits per heavy atom. The van der Waals surface area contributed by atoms with Crippen LogP contribution in [0.3, 0.4) is 0 Å². The maximum Gasteiger partial charge on any atom is 0.274 e. The first-order chi connectivity index (χ1) is 10.9. The molecule has 1 fully saturated rings. The Morgan fingerprint density at radius 3 is 2.91 bits per heavy atom. The molecule has 0 spiro atoms. The molecule has 1 aliphatic rings. The Hall–Kier alpha value is -2.88. The van der Waals surface area contributed by atoms with Gasteiger partial charge in [0.1, 0.15) is 0 Å². The van der Waals surface area contributed by atoms with Crippen LogP contribution in [0.25, 0.3) is 0 Å². The van der Waals surface area contributed by atoms with E-state index in [2.05, 4.69) is 21.2 Å². The van der Waals surface area contributed by atoms with Crippen molar-refractivity contribution in [2.45, 2.75) is 25.7 Å². The summed E-state index contributed by atoms with van der Waals surface area (Å²) in [4.78, 5) is 21.7. The number of hydrogen-bond acceptors (Lipinski definition) is 8. The number of amides is 1. The number of hydrogen-bond donors (Lipinski definition) is 4. The SMILES string of the molecule is COc1cc([N+](=O)[O-])cc(/C=N/NC2NC(=O)CC(C)N2)c1O. The van der Waals surface area contributed by atoms with E-state index in [1.807, 2.05) is 6.92 Å². The second kappa shape index (κ2) is 6.92. The monoisotopic (exact) mass is 323 g/mol. The van der Waals surface area contributed by atoms with Crippen LogP contribution in [0.5, 0.6) is 11.5 Å². The van der Waals surface area contributed by atoms with Gasteiger partial charge in [0.25, 0.3) is 5.69 Å². The van der Waals surface area contributed by atoms with E-state index in [1.54, 1.807) is 0 Å². The molecule has 0 aromatic heterocycles. The summed E-state index contributed by atoms with van der Waals surface area (Å²) in [5.41, 5.74) is 2.52. The van der Waals surface area contributed by atoms with Crippen LogP contribution in [0.15, 0.2) is 17.2 Å². The molecule has 0 bridgehead atoms. The lowest BCUT2D eigenvalue weighted by Gasteiger charge is -2.28. The summed E-state index contributed by atoms with van der Waals surface area (Å²) >= 11 is 0. The van der Waals surface area contributed by atoms with Gasteiger partial charge in [0.15, 0.2) is 17.8 Å². The van der Waals surface area contributed by atoms with Crippen molar-refractivity contribution in [3.8, 4) is 11.5 Å². The summed E-state index contributed by atoms with van der Waals surface area (Å²) in [5.74, 6) is -0.417. The third-order valence-corrected chi connectivity index (χ3v) is 3.18. The number of carbonyl (C=O) groups is 1. The third-order valence-electron chi connectivity index (χ3n) is 3.18. The number of methoxy groups -OCH3 is 1. The van der Waals surface area contributed by atoms with Crippen LogP contribution < -0.4 is 20.8 Å². The molecular formula is C13H17N5O5. The number of rotatable bonds is 5. The summed E-state index contributed by atoms with van der Waals surface area (Å²) in [6, 6.07) is 2.27. The Labute approximate surface area is 131 Å². The standard InChI is InChI=1S/C13H17N5O5/c1-7-3-11(19)16-13(15-7)17-14-6-8-4-9(18(21)22)5-10(23-2)12(8)20/h4-7,13,15,17,20H,3H2,1-2H3,(H,16,19)/b14-6+. The van der Waals surface area contributed by atoms with E-state index >= 15 is 0 Å². The first kappa shape index (κ1) is 16.5. The number of ether oxygens (including phenoxy) is 1. The Kier molecular flexibility index (Phi) is 4.96. The molecule has 1 aromatic rings. The van der Waals surface area contributed by atoms with E-state index in [-0.39, 0.29) is 34.7 Å². The van der Waals surface area contributed by atoms with Gasteiger partial charge in [-0.3, -0.25) is 25.7 Å². The van der Waals surface area contributed by atoms with Crippen molar-refractivity contribution in [2.75, 3.05) is 7.11 Å². The van der Waals surface area contributed by atoms with Crippen LogP contribution in [0, 0.1) is 10.1 Å². The van der Waals surface area contributed by atoms with E-state index in [1.165, 1.54) is 19.4 Å². The molecule has 10 nitrogen and oxygen atoms in total. The maximum atomic E-state index is 11.4. The van der Waals surface area contributed by atoms with Crippen LogP contribution in [0.4, 0.5) is 5.69 Å². The highest BCUT2D eigenvalue weighted by Crippen LogP contribution is 2.33. The molecule has 23 heavy (non-hydrogen) atoms. The fourth-order valence-electron chi connectivity index (χ4n) is 2.11. The van der Waals surface area contributed by atoms with Crippen molar-refractivity contribution >= 4 is 17.8 Å². The van der Waals surface area contributed by atoms with Gasteiger partial charge in [-0.2, -0.15) is 5.10 Å². The molecule has 2 rings (SSSR count). The van der Waals surface area contributed by atoms with E-state index in [0.717, 1.165) is 6.07 Å². The minimum atomic E-state index is -0.600. The number of aromatic hydroxyl groups is 1. The number of nitro benzene ring substituents is 1. The second-order valence-electron chi connectivity index (χ2n) is 5.00. The largest absolute Gasteiger partial charge is 0.504 e. The second-order valence-corrected chi connectivity index (χ2v) is 5.00. The van der Waals surface area contributed by atoms with Crippen molar-refractivity contribution < 1.29 is 19.6 Å². The number of nitrogens with zero attached hydrogens (tertiary/aromatic N) is 2. The number of benzene rings is 1. The predicted molar refractivity (Wildman–Crippen MR) is 81.2 cm³/mol. The first-order valence-corrected chi connectivity index (χ1v) is 6.80. The highest BCUT2D eigenvalue weighted by atomic mass is 16.6. The van der Waals surface area contributed by atoms with Gasteiger partial charge in [0, 0.05) is 24.1 Å². The Morgan fingerprint density at radius 1 is 1.57 bits per heavy atom. The fraction of sp³-hybridized carbons (Fsp3) is 0.385. The zero-order valence-electron chi connectivity index (χ0n) is 12.6. The van der Waals surface area contributed by atoms with Crippen molar-refractivity contribution in [1.82, 2.24) is 16.1 Å². The van der Waals surface area contributed by atoms with Crippen LogP contribution in [-0.4, -0.2) is 41.6 Å². The molecule has 0 saturated carbocycles. The third kappa shape index (κ3) is 4.07. The van der Waals surface area contributed by atoms with Crippen LogP contribution in [0.1, 0.15) is 18.9 Å². The van der Waals surface area contributed by atoms with Gasteiger partial charge in [-0.05, 0) is 6.92 Å². The van der Waals surface area contributed by atoms with Gasteiger partial charge in [-0.25, -0.2) is 0 Å². The first-order valence-electron chi connectivity index (χ1n) is 6.80. The predicted octanol–water partition coefficient (Wildman–Crippen LogP) is 0.0141. The van der Waals surface area contributed by atoms with Crippen molar-refractivity contribution in [2.24, 2.45) is 5.10 Å². The lowest BCUT2D eigenvalue weighted by molar-refractivity contribution is -0.385. The van der Waals surface area contributed by atoms with E-state index in [0.29, 0.717) is 6.42 Å². The topological polar surface area (TPSA) is 138 Å². The number of phenols is 1. The molecule has 1 heterocycles. The van der Waals surface area contributed by atoms with Gasteiger partial charge in [-0.1, -0.05) is 0 Å². The molecule has 124 valence electrons. The number of non-ortho nitro benzene ring substituents is 1. The van der Waals surface area contributed by atoms with Crippen LogP contribution in [0.2, 0.25) is 0 Å². The molecule has 0 aliphatic carbocycles. The number of nitrogens with one attached hydrogen (secondary N) is 3. The molecular weight excluding hydrogens is 306 g/mol. The van der Waals surface area contributed by atoms with Crippen LogP contribution >= 0.6 is 0 Å². The van der Waals surface area contributed by atoms with E-state index in [9.17, 15) is 20.0 Å². The smallest absolute Gasteiger partial charge is 0.274 e. The lowest BCUT2D eigenvalue weighted by Crippen LogP contribution is -2.60. The summed E-state index contributed by atoms with van der Waals surface area (Å²) in [7, 11) is 1.29. The van der Waals surface area contributed by atoms with Gasteiger partial charge >= 0.3 is 0 Å². The normalized spacial score (nSPS) is 21.0. The molecule has 10 heteroatoms. The van der Waals surface area contributed by atoms with Crippen LogP contribution in [-0.2, 0) is 4.79 Å². The minimum Gasteiger partial charge on any atom is -0.504 e. The molecule has 4 N–H and O–H groups in total. The molecule has 0 radical (unpaired) electrons. The van der Waals surface area contributed by atoms with Gasteiger partial charge < -0.3 is 15.2 Å². The Balaban J connectivity index is 2.14. The highest BCUT2D eigenvalue weighted by Gasteiger charge is 2.22. The van der Waals surface area contributed by atoms with Gasteiger partial charge in [-0.15, -0.1) is 0 Å². The summed E-state index contributed by atoms with van der Waals surface area (Å²) in [6.07, 6.45) is 1.01. The number of phenolic OH excluding ortho intramolecular Hbond substituents is 1. The quantitative estimate of drug-likeness (QED) is 0.340. The molecule has 2 atom stereocenters. The highest BCUT2D eigenvalue weighted by molar-refractivity contribution is 5.86. The summed E-state index contributed by atoms with van der Waals surface area (Å²) in [5, 5.41) is 30.4. The molecule has 1 amide bonds. The van der Waals surface area contributed by atoms with E-state index in [4.69, 9.17) is 4.74 Å². The zero-order valence-corrected chi connectivity index (χ0v) is 12.6. The van der Waals surface area contributed by atoms with Crippen molar-refractivity contribution in [3.63, 3.8) is 0 Å². The number of nitro groups is 1. The average molecular weight is 323 g/mol.